The van der Waals surface area contributed by atoms with Crippen LogP contribution in [0, 0.1) is 17.3 Å². The molecule has 0 spiro atoms. The van der Waals surface area contributed by atoms with Crippen molar-refractivity contribution in [3.05, 3.63) is 0 Å². The number of carbonyl (C=O) groups is 1. The molecule has 0 aromatic carbocycles. The van der Waals surface area contributed by atoms with E-state index in [0.717, 1.165) is 32.5 Å². The van der Waals surface area contributed by atoms with Crippen LogP contribution >= 0.6 is 0 Å². The van der Waals surface area contributed by atoms with Gasteiger partial charge in [0, 0.05) is 19.1 Å². The normalized spacial score (nSPS) is 20.9. The van der Waals surface area contributed by atoms with E-state index in [2.05, 4.69) is 26.1 Å². The summed E-state index contributed by atoms with van der Waals surface area (Å²) in [6.45, 7) is 9.85. The van der Waals surface area contributed by atoms with Crippen molar-refractivity contribution in [3.63, 3.8) is 0 Å². The molecule has 0 aliphatic carbocycles. The SMILES string of the molecule is CC(C(=O)NC(CO)CC(C)(C)C)C1CCOCC1. The molecule has 1 rings (SSSR count). The Bertz CT molecular complexity index is 280. The van der Waals surface area contributed by atoms with Crippen LogP contribution in [0.3, 0.4) is 0 Å². The van der Waals surface area contributed by atoms with Crippen molar-refractivity contribution in [1.29, 1.82) is 0 Å². The van der Waals surface area contributed by atoms with Gasteiger partial charge in [0.05, 0.1) is 12.6 Å². The van der Waals surface area contributed by atoms with Gasteiger partial charge in [0.25, 0.3) is 0 Å². The van der Waals surface area contributed by atoms with Crippen LogP contribution in [0.2, 0.25) is 0 Å². The smallest absolute Gasteiger partial charge is 0.223 e. The van der Waals surface area contributed by atoms with E-state index < -0.39 is 0 Å². The molecule has 1 saturated heterocycles. The van der Waals surface area contributed by atoms with Crippen LogP contribution in [-0.2, 0) is 9.53 Å². The highest BCUT2D eigenvalue weighted by molar-refractivity contribution is 5.78. The predicted molar refractivity (Wildman–Crippen MR) is 75.8 cm³/mol. The first-order chi connectivity index (χ1) is 8.83. The Morgan fingerprint density at radius 2 is 1.95 bits per heavy atom. The summed E-state index contributed by atoms with van der Waals surface area (Å²) in [5, 5.41) is 12.4. The van der Waals surface area contributed by atoms with Crippen LogP contribution in [0.5, 0.6) is 0 Å². The van der Waals surface area contributed by atoms with Crippen molar-refractivity contribution in [2.24, 2.45) is 17.3 Å². The summed E-state index contributed by atoms with van der Waals surface area (Å²) in [4.78, 5) is 12.2. The maximum atomic E-state index is 12.2. The topological polar surface area (TPSA) is 58.6 Å². The van der Waals surface area contributed by atoms with Crippen LogP contribution in [0.1, 0.15) is 47.0 Å². The van der Waals surface area contributed by atoms with E-state index >= 15 is 0 Å². The van der Waals surface area contributed by atoms with Crippen molar-refractivity contribution in [2.45, 2.75) is 53.0 Å². The summed E-state index contributed by atoms with van der Waals surface area (Å²) in [6, 6.07) is -0.144. The van der Waals surface area contributed by atoms with Gasteiger partial charge in [-0.3, -0.25) is 4.79 Å². The largest absolute Gasteiger partial charge is 0.394 e. The lowest BCUT2D eigenvalue weighted by Crippen LogP contribution is -2.44. The number of nitrogens with one attached hydrogen (secondary N) is 1. The second-order valence-electron chi connectivity index (χ2n) is 6.89. The lowest BCUT2D eigenvalue weighted by Gasteiger charge is -2.30. The van der Waals surface area contributed by atoms with Crippen LogP contribution < -0.4 is 5.32 Å². The minimum Gasteiger partial charge on any atom is -0.394 e. The molecule has 0 radical (unpaired) electrons. The monoisotopic (exact) mass is 271 g/mol. The van der Waals surface area contributed by atoms with Gasteiger partial charge in [-0.15, -0.1) is 0 Å². The molecule has 112 valence electrons. The maximum Gasteiger partial charge on any atom is 0.223 e. The molecule has 4 heteroatoms. The fourth-order valence-corrected chi connectivity index (χ4v) is 2.66. The standard InChI is InChI=1S/C15H29NO3/c1-11(12-5-7-19-8-6-12)14(18)16-13(10-17)9-15(2,3)4/h11-13,17H,5-10H2,1-4H3,(H,16,18). The van der Waals surface area contributed by atoms with Crippen molar-refractivity contribution < 1.29 is 14.6 Å². The summed E-state index contributed by atoms with van der Waals surface area (Å²) in [6.07, 6.45) is 2.70. The highest BCUT2D eigenvalue weighted by Gasteiger charge is 2.28. The van der Waals surface area contributed by atoms with Gasteiger partial charge in [0.15, 0.2) is 0 Å². The Hall–Kier alpha value is -0.610. The zero-order valence-electron chi connectivity index (χ0n) is 12.7. The summed E-state index contributed by atoms with van der Waals surface area (Å²) in [7, 11) is 0. The first-order valence-corrected chi connectivity index (χ1v) is 7.32. The molecule has 2 atom stereocenters. The van der Waals surface area contributed by atoms with E-state index in [1.165, 1.54) is 0 Å². The molecule has 0 aromatic rings. The van der Waals surface area contributed by atoms with E-state index in [-0.39, 0.29) is 29.9 Å². The zero-order valence-corrected chi connectivity index (χ0v) is 12.7. The van der Waals surface area contributed by atoms with Crippen LogP contribution in [0.15, 0.2) is 0 Å². The first kappa shape index (κ1) is 16.4. The van der Waals surface area contributed by atoms with Gasteiger partial charge in [0.1, 0.15) is 0 Å². The molecular formula is C15H29NO3. The van der Waals surface area contributed by atoms with Gasteiger partial charge >= 0.3 is 0 Å². The third-order valence-electron chi connectivity index (χ3n) is 3.81. The molecule has 0 saturated carbocycles. The zero-order chi connectivity index (χ0) is 14.5. The quantitative estimate of drug-likeness (QED) is 0.803. The van der Waals surface area contributed by atoms with E-state index in [4.69, 9.17) is 4.74 Å². The third kappa shape index (κ3) is 5.91. The summed E-state index contributed by atoms with van der Waals surface area (Å²) < 4.78 is 5.33. The molecule has 1 aliphatic rings. The Balaban J connectivity index is 2.46. The second-order valence-corrected chi connectivity index (χ2v) is 6.89. The van der Waals surface area contributed by atoms with Gasteiger partial charge in [0.2, 0.25) is 5.91 Å². The van der Waals surface area contributed by atoms with E-state index in [1.54, 1.807) is 0 Å². The Morgan fingerprint density at radius 3 is 2.42 bits per heavy atom. The number of aliphatic hydroxyl groups is 1. The lowest BCUT2D eigenvalue weighted by atomic mass is 9.85. The summed E-state index contributed by atoms with van der Waals surface area (Å²) in [5.74, 6) is 0.468. The number of hydrogen-bond donors (Lipinski definition) is 2. The number of rotatable bonds is 5. The molecule has 0 aromatic heterocycles. The van der Waals surface area contributed by atoms with Crippen LogP contribution in [0.4, 0.5) is 0 Å². The molecule has 2 unspecified atom stereocenters. The van der Waals surface area contributed by atoms with Crippen LogP contribution in [-0.4, -0.2) is 36.9 Å². The van der Waals surface area contributed by atoms with Crippen LogP contribution in [0.25, 0.3) is 0 Å². The number of hydrogen-bond acceptors (Lipinski definition) is 3. The highest BCUT2D eigenvalue weighted by Crippen LogP contribution is 2.25. The fourth-order valence-electron chi connectivity index (χ4n) is 2.66. The fraction of sp³-hybridized carbons (Fsp3) is 0.933. The average molecular weight is 271 g/mol. The van der Waals surface area contributed by atoms with Crippen molar-refractivity contribution in [1.82, 2.24) is 5.32 Å². The third-order valence-corrected chi connectivity index (χ3v) is 3.81. The summed E-state index contributed by atoms with van der Waals surface area (Å²) in [5.41, 5.74) is 0.0998. The highest BCUT2D eigenvalue weighted by atomic mass is 16.5. The molecule has 4 nitrogen and oxygen atoms in total. The number of ether oxygens (including phenoxy) is 1. The predicted octanol–water partition coefficient (Wildman–Crippen LogP) is 1.96. The Kier molecular flexibility index (Phi) is 6.27. The Labute approximate surface area is 116 Å². The average Bonchev–Trinajstić information content (AvgIpc) is 2.36. The van der Waals surface area contributed by atoms with E-state index in [0.29, 0.717) is 5.92 Å². The van der Waals surface area contributed by atoms with Crippen molar-refractivity contribution in [2.75, 3.05) is 19.8 Å². The van der Waals surface area contributed by atoms with Gasteiger partial charge in [-0.1, -0.05) is 27.7 Å². The van der Waals surface area contributed by atoms with E-state index in [1.807, 2.05) is 6.92 Å². The summed E-state index contributed by atoms with van der Waals surface area (Å²) >= 11 is 0. The molecular weight excluding hydrogens is 242 g/mol. The minimum absolute atomic E-state index is 0.00193. The molecule has 1 heterocycles. The van der Waals surface area contributed by atoms with Crippen molar-refractivity contribution >= 4 is 5.91 Å². The number of aliphatic hydroxyl groups excluding tert-OH is 1. The Morgan fingerprint density at radius 1 is 1.37 bits per heavy atom. The molecule has 1 amide bonds. The van der Waals surface area contributed by atoms with Gasteiger partial charge in [-0.25, -0.2) is 0 Å². The van der Waals surface area contributed by atoms with Gasteiger partial charge in [-0.05, 0) is 30.6 Å². The van der Waals surface area contributed by atoms with Gasteiger partial charge in [-0.2, -0.15) is 0 Å². The number of carbonyl (C=O) groups excluding carboxylic acids is 1. The lowest BCUT2D eigenvalue weighted by molar-refractivity contribution is -0.128. The van der Waals surface area contributed by atoms with Gasteiger partial charge < -0.3 is 15.2 Å². The van der Waals surface area contributed by atoms with E-state index in [9.17, 15) is 9.90 Å². The first-order valence-electron chi connectivity index (χ1n) is 7.32. The molecule has 19 heavy (non-hydrogen) atoms. The molecule has 1 fully saturated rings. The number of amides is 1. The minimum atomic E-state index is -0.144. The second kappa shape index (κ2) is 7.25. The molecule has 1 aliphatic heterocycles. The maximum absolute atomic E-state index is 12.2. The molecule has 0 bridgehead atoms. The van der Waals surface area contributed by atoms with Crippen molar-refractivity contribution in [3.8, 4) is 0 Å². The molecule has 2 N–H and O–H groups in total.